The third-order valence-electron chi connectivity index (χ3n) is 3.00. The van der Waals surface area contributed by atoms with Crippen molar-refractivity contribution in [1.29, 1.82) is 0 Å². The maximum Gasteiger partial charge on any atom is 0.259 e. The third-order valence-corrected chi connectivity index (χ3v) is 4.12. The van der Waals surface area contributed by atoms with Crippen LogP contribution in [0.2, 0.25) is 5.02 Å². The van der Waals surface area contributed by atoms with Crippen molar-refractivity contribution in [2.45, 2.75) is 0 Å². The van der Waals surface area contributed by atoms with Gasteiger partial charge in [-0.05, 0) is 29.6 Å². The van der Waals surface area contributed by atoms with E-state index in [-0.39, 0.29) is 5.69 Å². The Kier molecular flexibility index (Phi) is 3.96. The van der Waals surface area contributed by atoms with Gasteiger partial charge >= 0.3 is 0 Å². The number of thiophene rings is 1. The van der Waals surface area contributed by atoms with Crippen LogP contribution in [0.1, 0.15) is 10.4 Å². The summed E-state index contributed by atoms with van der Waals surface area (Å²) in [5.41, 5.74) is 0.986. The molecule has 0 radical (unpaired) electrons. The lowest BCUT2D eigenvalue weighted by Crippen LogP contribution is -2.13. The second-order valence-corrected chi connectivity index (χ2v) is 6.00. The molecule has 2 heterocycles. The lowest BCUT2D eigenvalue weighted by Gasteiger charge is -2.06. The van der Waals surface area contributed by atoms with Gasteiger partial charge in [0.15, 0.2) is 0 Å². The molecule has 22 heavy (non-hydrogen) atoms. The first-order valence-electron chi connectivity index (χ1n) is 6.38. The van der Waals surface area contributed by atoms with Crippen molar-refractivity contribution in [3.8, 4) is 10.6 Å². The zero-order valence-electron chi connectivity index (χ0n) is 11.5. The Bertz CT molecular complexity index is 829. The first-order chi connectivity index (χ1) is 10.5. The van der Waals surface area contributed by atoms with E-state index in [1.165, 1.54) is 29.5 Å². The van der Waals surface area contributed by atoms with Gasteiger partial charge in [0.05, 0.1) is 16.1 Å². The molecule has 0 atom stereocenters. The highest BCUT2D eigenvalue weighted by Gasteiger charge is 2.19. The number of benzene rings is 1. The van der Waals surface area contributed by atoms with E-state index in [1.807, 2.05) is 17.5 Å². The number of halogens is 2. The Morgan fingerprint density at radius 2 is 2.23 bits per heavy atom. The number of hydrogen-bond donors (Lipinski definition) is 1. The van der Waals surface area contributed by atoms with E-state index in [2.05, 4.69) is 10.4 Å². The predicted molar refractivity (Wildman–Crippen MR) is 85.9 cm³/mol. The number of amides is 1. The van der Waals surface area contributed by atoms with Gasteiger partial charge in [-0.2, -0.15) is 5.10 Å². The number of carbonyl (C=O) groups is 1. The van der Waals surface area contributed by atoms with Crippen LogP contribution in [0.5, 0.6) is 0 Å². The van der Waals surface area contributed by atoms with Crippen molar-refractivity contribution in [2.75, 3.05) is 5.32 Å². The molecule has 0 aliphatic heterocycles. The van der Waals surface area contributed by atoms with Crippen LogP contribution in [0.25, 0.3) is 10.6 Å². The molecule has 0 fully saturated rings. The summed E-state index contributed by atoms with van der Waals surface area (Å²) < 4.78 is 15.3. The molecule has 112 valence electrons. The zero-order chi connectivity index (χ0) is 15.7. The van der Waals surface area contributed by atoms with Crippen LogP contribution in [-0.4, -0.2) is 15.7 Å². The minimum absolute atomic E-state index is 0.0403. The standard InChI is InChI=1S/C15H11ClFN3OS/c1-20-8-10(14(19-20)13-3-2-6-22-13)15(21)18-12-7-9(16)4-5-11(12)17/h2-8H,1H3,(H,18,21). The first-order valence-corrected chi connectivity index (χ1v) is 7.64. The minimum atomic E-state index is -0.542. The van der Waals surface area contributed by atoms with Crippen molar-refractivity contribution >= 4 is 34.5 Å². The van der Waals surface area contributed by atoms with Gasteiger partial charge in [-0.15, -0.1) is 11.3 Å². The Balaban J connectivity index is 1.95. The molecular weight excluding hydrogens is 325 g/mol. The fourth-order valence-electron chi connectivity index (χ4n) is 2.03. The highest BCUT2D eigenvalue weighted by atomic mass is 35.5. The molecule has 0 aliphatic carbocycles. The SMILES string of the molecule is Cn1cc(C(=O)Nc2cc(Cl)ccc2F)c(-c2cccs2)n1. The Morgan fingerprint density at radius 1 is 1.41 bits per heavy atom. The Hall–Kier alpha value is -2.18. The van der Waals surface area contributed by atoms with Gasteiger partial charge in [-0.25, -0.2) is 4.39 Å². The van der Waals surface area contributed by atoms with Gasteiger partial charge in [0.1, 0.15) is 11.5 Å². The molecule has 1 N–H and O–H groups in total. The van der Waals surface area contributed by atoms with E-state index in [0.717, 1.165) is 4.88 Å². The number of nitrogens with one attached hydrogen (secondary N) is 1. The molecular formula is C15H11ClFN3OS. The van der Waals surface area contributed by atoms with E-state index >= 15 is 0 Å². The topological polar surface area (TPSA) is 46.9 Å². The summed E-state index contributed by atoms with van der Waals surface area (Å²) in [6.45, 7) is 0. The van der Waals surface area contributed by atoms with Gasteiger partial charge in [-0.3, -0.25) is 9.48 Å². The average Bonchev–Trinajstić information content (AvgIpc) is 3.11. The smallest absolute Gasteiger partial charge is 0.259 e. The largest absolute Gasteiger partial charge is 0.319 e. The molecule has 0 saturated heterocycles. The van der Waals surface area contributed by atoms with E-state index in [9.17, 15) is 9.18 Å². The number of aryl methyl sites for hydroxylation is 1. The van der Waals surface area contributed by atoms with Crippen LogP contribution < -0.4 is 5.32 Å². The number of nitrogens with zero attached hydrogens (tertiary/aromatic N) is 2. The minimum Gasteiger partial charge on any atom is -0.319 e. The van der Waals surface area contributed by atoms with Crippen LogP contribution >= 0.6 is 22.9 Å². The van der Waals surface area contributed by atoms with E-state index in [0.29, 0.717) is 16.3 Å². The molecule has 0 saturated carbocycles. The van der Waals surface area contributed by atoms with Crippen LogP contribution in [0.3, 0.4) is 0 Å². The van der Waals surface area contributed by atoms with E-state index in [4.69, 9.17) is 11.6 Å². The Morgan fingerprint density at radius 3 is 2.95 bits per heavy atom. The van der Waals surface area contributed by atoms with Crippen LogP contribution in [0.4, 0.5) is 10.1 Å². The Labute approximate surface area is 135 Å². The summed E-state index contributed by atoms with van der Waals surface area (Å²) >= 11 is 7.31. The molecule has 2 aromatic heterocycles. The quantitative estimate of drug-likeness (QED) is 0.780. The highest BCUT2D eigenvalue weighted by Crippen LogP contribution is 2.27. The van der Waals surface area contributed by atoms with Gasteiger partial charge in [0, 0.05) is 18.3 Å². The fraction of sp³-hybridized carbons (Fsp3) is 0.0667. The number of hydrogen-bond acceptors (Lipinski definition) is 3. The average molecular weight is 336 g/mol. The lowest BCUT2D eigenvalue weighted by atomic mass is 10.2. The van der Waals surface area contributed by atoms with Crippen LogP contribution in [0.15, 0.2) is 41.9 Å². The number of aromatic nitrogens is 2. The summed E-state index contributed by atoms with van der Waals surface area (Å²) in [6.07, 6.45) is 1.60. The van der Waals surface area contributed by atoms with Gasteiger partial charge < -0.3 is 5.32 Å². The normalized spacial score (nSPS) is 10.7. The van der Waals surface area contributed by atoms with Crippen LogP contribution in [0, 0.1) is 5.82 Å². The van der Waals surface area contributed by atoms with Crippen molar-refractivity contribution < 1.29 is 9.18 Å². The first kappa shape index (κ1) is 14.7. The fourth-order valence-corrected chi connectivity index (χ4v) is 2.93. The molecule has 1 amide bonds. The molecule has 1 aromatic carbocycles. The molecule has 4 nitrogen and oxygen atoms in total. The third kappa shape index (κ3) is 2.88. The monoisotopic (exact) mass is 335 g/mol. The molecule has 0 spiro atoms. The molecule has 3 aromatic rings. The maximum absolute atomic E-state index is 13.7. The van der Waals surface area contributed by atoms with E-state index < -0.39 is 11.7 Å². The van der Waals surface area contributed by atoms with Crippen molar-refractivity contribution in [3.63, 3.8) is 0 Å². The summed E-state index contributed by atoms with van der Waals surface area (Å²) in [5.74, 6) is -0.975. The molecule has 0 aliphatic rings. The van der Waals surface area contributed by atoms with Crippen molar-refractivity contribution in [2.24, 2.45) is 7.05 Å². The molecule has 7 heteroatoms. The second kappa shape index (κ2) is 5.90. The van der Waals surface area contributed by atoms with Crippen molar-refractivity contribution in [3.05, 3.63) is 58.3 Å². The molecule has 0 unspecified atom stereocenters. The summed E-state index contributed by atoms with van der Waals surface area (Å²) in [5, 5.41) is 9.09. The van der Waals surface area contributed by atoms with E-state index in [1.54, 1.807) is 17.9 Å². The molecule has 0 bridgehead atoms. The van der Waals surface area contributed by atoms with Crippen molar-refractivity contribution in [1.82, 2.24) is 9.78 Å². The zero-order valence-corrected chi connectivity index (χ0v) is 13.1. The summed E-state index contributed by atoms with van der Waals surface area (Å²) in [7, 11) is 1.73. The summed E-state index contributed by atoms with van der Waals surface area (Å²) in [6, 6.07) is 7.77. The number of rotatable bonds is 3. The lowest BCUT2D eigenvalue weighted by molar-refractivity contribution is 0.102. The molecule has 3 rings (SSSR count). The van der Waals surface area contributed by atoms with Gasteiger partial charge in [0.25, 0.3) is 5.91 Å². The summed E-state index contributed by atoms with van der Waals surface area (Å²) in [4.78, 5) is 13.3. The predicted octanol–water partition coefficient (Wildman–Crippen LogP) is 4.19. The van der Waals surface area contributed by atoms with Gasteiger partial charge in [0.2, 0.25) is 0 Å². The number of carbonyl (C=O) groups excluding carboxylic acids is 1. The number of anilines is 1. The second-order valence-electron chi connectivity index (χ2n) is 4.62. The van der Waals surface area contributed by atoms with Crippen LogP contribution in [-0.2, 0) is 7.05 Å². The maximum atomic E-state index is 13.7. The van der Waals surface area contributed by atoms with Gasteiger partial charge in [-0.1, -0.05) is 17.7 Å². The highest BCUT2D eigenvalue weighted by molar-refractivity contribution is 7.13.